The Bertz CT molecular complexity index is 725. The first kappa shape index (κ1) is 17.3. The normalized spacial score (nSPS) is 15.4. The molecule has 0 unspecified atom stereocenters. The largest absolute Gasteiger partial charge is 0.351 e. The minimum Gasteiger partial charge on any atom is -0.351 e. The molecule has 0 spiro atoms. The standard InChI is InChI=1S/C19H23FN4O/c1-13-12-17(18(25)22-16-10-8-14(20)9-11-16)24-19(21-13)23-15-6-4-2-3-5-7-15/h8-12,15H,2-7H2,1H3,(H,22,25)(H,21,23,24). The van der Waals surface area contributed by atoms with Gasteiger partial charge < -0.3 is 10.6 Å². The molecule has 1 aliphatic carbocycles. The van der Waals surface area contributed by atoms with Gasteiger partial charge in [0.05, 0.1) is 0 Å². The summed E-state index contributed by atoms with van der Waals surface area (Å²) >= 11 is 0. The maximum absolute atomic E-state index is 13.0. The number of nitrogens with one attached hydrogen (secondary N) is 2. The minimum atomic E-state index is -0.342. The number of aryl methyl sites for hydroxylation is 1. The fourth-order valence-corrected chi connectivity index (χ4v) is 3.08. The van der Waals surface area contributed by atoms with E-state index in [0.29, 0.717) is 23.4 Å². The Labute approximate surface area is 147 Å². The van der Waals surface area contributed by atoms with Crippen LogP contribution in [-0.4, -0.2) is 21.9 Å². The Hall–Kier alpha value is -2.50. The fourth-order valence-electron chi connectivity index (χ4n) is 3.08. The van der Waals surface area contributed by atoms with Crippen LogP contribution in [0.2, 0.25) is 0 Å². The van der Waals surface area contributed by atoms with Gasteiger partial charge in [0, 0.05) is 17.4 Å². The Kier molecular flexibility index (Phi) is 5.58. The van der Waals surface area contributed by atoms with Gasteiger partial charge in [-0.3, -0.25) is 4.79 Å². The second-order valence-electron chi connectivity index (χ2n) is 6.51. The van der Waals surface area contributed by atoms with Crippen LogP contribution in [0, 0.1) is 12.7 Å². The summed E-state index contributed by atoms with van der Waals surface area (Å²) in [5, 5.41) is 6.11. The number of nitrogens with zero attached hydrogens (tertiary/aromatic N) is 2. The molecule has 5 nitrogen and oxygen atoms in total. The van der Waals surface area contributed by atoms with Gasteiger partial charge in [-0.1, -0.05) is 25.7 Å². The zero-order valence-corrected chi connectivity index (χ0v) is 14.4. The average Bonchev–Trinajstić information content (AvgIpc) is 2.85. The van der Waals surface area contributed by atoms with Gasteiger partial charge in [0.15, 0.2) is 0 Å². The molecule has 0 bridgehead atoms. The lowest BCUT2D eigenvalue weighted by Crippen LogP contribution is -2.22. The smallest absolute Gasteiger partial charge is 0.274 e. The molecule has 1 saturated carbocycles. The van der Waals surface area contributed by atoms with E-state index in [9.17, 15) is 9.18 Å². The number of halogens is 1. The van der Waals surface area contributed by atoms with Crippen molar-refractivity contribution in [1.82, 2.24) is 9.97 Å². The molecule has 1 amide bonds. The van der Waals surface area contributed by atoms with E-state index in [1.54, 1.807) is 6.07 Å². The van der Waals surface area contributed by atoms with Gasteiger partial charge in [-0.2, -0.15) is 0 Å². The van der Waals surface area contributed by atoms with Crippen LogP contribution in [-0.2, 0) is 0 Å². The van der Waals surface area contributed by atoms with Gasteiger partial charge in [0.2, 0.25) is 5.95 Å². The summed E-state index contributed by atoms with van der Waals surface area (Å²) in [5.74, 6) is -0.178. The van der Waals surface area contributed by atoms with Crippen LogP contribution in [0.25, 0.3) is 0 Å². The topological polar surface area (TPSA) is 66.9 Å². The first-order valence-electron chi connectivity index (χ1n) is 8.79. The zero-order chi connectivity index (χ0) is 17.6. The number of hydrogen-bond acceptors (Lipinski definition) is 4. The molecule has 25 heavy (non-hydrogen) atoms. The summed E-state index contributed by atoms with van der Waals surface area (Å²) in [4.78, 5) is 21.2. The molecule has 1 aliphatic rings. The van der Waals surface area contributed by atoms with Gasteiger partial charge in [0.25, 0.3) is 5.91 Å². The fraction of sp³-hybridized carbons (Fsp3) is 0.421. The number of amides is 1. The van der Waals surface area contributed by atoms with Crippen LogP contribution in [0.15, 0.2) is 30.3 Å². The van der Waals surface area contributed by atoms with Crippen molar-refractivity contribution in [3.8, 4) is 0 Å². The first-order valence-corrected chi connectivity index (χ1v) is 8.79. The van der Waals surface area contributed by atoms with Crippen LogP contribution in [0.3, 0.4) is 0 Å². The van der Waals surface area contributed by atoms with Crippen molar-refractivity contribution < 1.29 is 9.18 Å². The monoisotopic (exact) mass is 342 g/mol. The molecule has 1 heterocycles. The molecule has 0 saturated heterocycles. The second kappa shape index (κ2) is 8.05. The van der Waals surface area contributed by atoms with Crippen LogP contribution < -0.4 is 10.6 Å². The van der Waals surface area contributed by atoms with Crippen molar-refractivity contribution in [3.05, 3.63) is 47.5 Å². The zero-order valence-electron chi connectivity index (χ0n) is 14.4. The first-order chi connectivity index (χ1) is 12.1. The number of aromatic nitrogens is 2. The number of benzene rings is 1. The molecule has 2 N–H and O–H groups in total. The van der Waals surface area contributed by atoms with Crippen molar-refractivity contribution in [2.24, 2.45) is 0 Å². The van der Waals surface area contributed by atoms with E-state index < -0.39 is 0 Å². The van der Waals surface area contributed by atoms with Gasteiger partial charge in [-0.15, -0.1) is 0 Å². The van der Waals surface area contributed by atoms with Gasteiger partial charge in [-0.25, -0.2) is 14.4 Å². The highest BCUT2D eigenvalue weighted by atomic mass is 19.1. The van der Waals surface area contributed by atoms with Gasteiger partial charge in [-0.05, 0) is 50.1 Å². The molecule has 0 aliphatic heterocycles. The van der Waals surface area contributed by atoms with E-state index in [1.807, 2.05) is 6.92 Å². The highest BCUT2D eigenvalue weighted by Crippen LogP contribution is 2.20. The molecular formula is C19H23FN4O. The molecule has 0 radical (unpaired) electrons. The van der Waals surface area contributed by atoms with Gasteiger partial charge >= 0.3 is 0 Å². The number of rotatable bonds is 4. The third-order valence-electron chi connectivity index (χ3n) is 4.38. The number of anilines is 2. The van der Waals surface area contributed by atoms with Crippen molar-refractivity contribution >= 4 is 17.5 Å². The van der Waals surface area contributed by atoms with E-state index in [2.05, 4.69) is 20.6 Å². The van der Waals surface area contributed by atoms with Crippen molar-refractivity contribution in [2.45, 2.75) is 51.5 Å². The predicted molar refractivity (Wildman–Crippen MR) is 96.2 cm³/mol. The van der Waals surface area contributed by atoms with E-state index in [4.69, 9.17) is 0 Å². The Balaban J connectivity index is 1.71. The summed E-state index contributed by atoms with van der Waals surface area (Å²) in [6.07, 6.45) is 7.18. The molecule has 1 aromatic carbocycles. The minimum absolute atomic E-state index is 0.299. The maximum atomic E-state index is 13.0. The lowest BCUT2D eigenvalue weighted by atomic mass is 10.1. The Morgan fingerprint density at radius 1 is 1.08 bits per heavy atom. The molecule has 0 atom stereocenters. The van der Waals surface area contributed by atoms with Gasteiger partial charge in [0.1, 0.15) is 11.5 Å². The summed E-state index contributed by atoms with van der Waals surface area (Å²) in [7, 11) is 0. The predicted octanol–water partition coefficient (Wildman–Crippen LogP) is 4.31. The van der Waals surface area contributed by atoms with Crippen LogP contribution in [0.1, 0.15) is 54.7 Å². The number of hydrogen-bond donors (Lipinski definition) is 2. The van der Waals surface area contributed by atoms with Crippen molar-refractivity contribution in [1.29, 1.82) is 0 Å². The van der Waals surface area contributed by atoms with Crippen LogP contribution in [0.5, 0.6) is 0 Å². The van der Waals surface area contributed by atoms with Crippen molar-refractivity contribution in [3.63, 3.8) is 0 Å². The molecule has 132 valence electrons. The summed E-state index contributed by atoms with van der Waals surface area (Å²) in [5.41, 5.74) is 1.56. The Morgan fingerprint density at radius 2 is 1.76 bits per heavy atom. The molecular weight excluding hydrogens is 319 g/mol. The maximum Gasteiger partial charge on any atom is 0.274 e. The van der Waals surface area contributed by atoms with E-state index >= 15 is 0 Å². The summed E-state index contributed by atoms with van der Waals surface area (Å²) in [6, 6.07) is 7.66. The lowest BCUT2D eigenvalue weighted by molar-refractivity contribution is 0.102. The highest BCUT2D eigenvalue weighted by molar-refractivity contribution is 6.03. The SMILES string of the molecule is Cc1cc(C(=O)Nc2ccc(F)cc2)nc(NC2CCCCCC2)n1. The average molecular weight is 342 g/mol. The third-order valence-corrected chi connectivity index (χ3v) is 4.38. The molecule has 1 fully saturated rings. The van der Waals surface area contributed by atoms with Crippen LogP contribution >= 0.6 is 0 Å². The van der Waals surface area contributed by atoms with E-state index in [0.717, 1.165) is 18.5 Å². The summed E-state index contributed by atoms with van der Waals surface area (Å²) < 4.78 is 13.0. The molecule has 1 aromatic heterocycles. The quantitative estimate of drug-likeness (QED) is 0.813. The summed E-state index contributed by atoms with van der Waals surface area (Å²) in [6.45, 7) is 1.84. The lowest BCUT2D eigenvalue weighted by Gasteiger charge is -2.17. The molecule has 6 heteroatoms. The molecule has 3 rings (SSSR count). The second-order valence-corrected chi connectivity index (χ2v) is 6.51. The molecule has 2 aromatic rings. The Morgan fingerprint density at radius 3 is 2.44 bits per heavy atom. The number of carbonyl (C=O) groups excluding carboxylic acids is 1. The highest BCUT2D eigenvalue weighted by Gasteiger charge is 2.16. The van der Waals surface area contributed by atoms with E-state index in [1.165, 1.54) is 49.9 Å². The van der Waals surface area contributed by atoms with Crippen molar-refractivity contribution in [2.75, 3.05) is 10.6 Å². The van der Waals surface area contributed by atoms with Crippen LogP contribution in [0.4, 0.5) is 16.0 Å². The number of carbonyl (C=O) groups is 1. The third kappa shape index (κ3) is 4.98. The van der Waals surface area contributed by atoms with E-state index in [-0.39, 0.29) is 11.7 Å².